The third kappa shape index (κ3) is 13.2. The summed E-state index contributed by atoms with van der Waals surface area (Å²) in [5.74, 6) is 1.45. The molecule has 0 spiro atoms. The van der Waals surface area contributed by atoms with E-state index in [2.05, 4.69) is 130 Å². The number of hydrogen-bond acceptors (Lipinski definition) is 5. The zero-order valence-electron chi connectivity index (χ0n) is 38.7. The lowest BCUT2D eigenvalue weighted by molar-refractivity contribution is -0.152. The van der Waals surface area contributed by atoms with Crippen LogP contribution in [-0.2, 0) is 22.4 Å². The van der Waals surface area contributed by atoms with Gasteiger partial charge in [-0.05, 0) is 91.3 Å². The molecule has 53 heavy (non-hydrogen) atoms. The largest absolute Gasteiger partial charge is 0.416 e. The van der Waals surface area contributed by atoms with E-state index in [1.165, 1.54) is 24.6 Å². The molecule has 9 heteroatoms. The molecule has 0 bridgehead atoms. The molecule has 0 saturated carbocycles. The second-order valence-electron chi connectivity index (χ2n) is 17.5. The fourth-order valence-corrected chi connectivity index (χ4v) is 21.3. The van der Waals surface area contributed by atoms with E-state index >= 15 is 0 Å². The third-order valence-electron chi connectivity index (χ3n) is 15.3. The van der Waals surface area contributed by atoms with Gasteiger partial charge >= 0.3 is 0 Å². The van der Waals surface area contributed by atoms with Crippen molar-refractivity contribution in [3.63, 3.8) is 0 Å². The summed E-state index contributed by atoms with van der Waals surface area (Å²) in [7, 11) is -7.52. The summed E-state index contributed by atoms with van der Waals surface area (Å²) in [6.45, 7) is 45.6. The maximum absolute atomic E-state index is 7.78. The first kappa shape index (κ1) is 51.4. The molecule has 1 fully saturated rings. The van der Waals surface area contributed by atoms with E-state index < -0.39 is 33.3 Å². The summed E-state index contributed by atoms with van der Waals surface area (Å²) in [5.41, 5.74) is 0. The third-order valence-corrected chi connectivity index (χ3v) is 33.9. The molecule has 0 amide bonds. The lowest BCUT2D eigenvalue weighted by Gasteiger charge is -2.50. The van der Waals surface area contributed by atoms with Gasteiger partial charge in [0.15, 0.2) is 33.3 Å². The molecule has 1 aliphatic heterocycles. The summed E-state index contributed by atoms with van der Waals surface area (Å²) in [6.07, 6.45) is 4.80. The Bertz CT molecular complexity index is 950. The van der Waals surface area contributed by atoms with Crippen LogP contribution in [-0.4, -0.2) is 70.4 Å². The topological polar surface area (TPSA) is 46.2 Å². The quantitative estimate of drug-likeness (QED) is 0.0556. The van der Waals surface area contributed by atoms with E-state index in [0.29, 0.717) is 11.8 Å². The summed E-state index contributed by atoms with van der Waals surface area (Å²) in [6, 6.07) is 13.8. The summed E-state index contributed by atoms with van der Waals surface area (Å²) >= 11 is 0. The molecule has 1 unspecified atom stereocenters. The van der Waals surface area contributed by atoms with Crippen molar-refractivity contribution in [1.82, 2.24) is 0 Å². The van der Waals surface area contributed by atoms with Crippen LogP contribution in [0.2, 0.25) is 72.5 Å². The van der Waals surface area contributed by atoms with E-state index in [1.807, 2.05) is 0 Å². The van der Waals surface area contributed by atoms with Crippen LogP contribution in [0.25, 0.3) is 0 Å². The van der Waals surface area contributed by atoms with Gasteiger partial charge in [0.05, 0.1) is 30.5 Å². The zero-order chi connectivity index (χ0) is 40.6. The van der Waals surface area contributed by atoms with Crippen LogP contribution in [0.5, 0.6) is 0 Å². The maximum atomic E-state index is 7.78. The zero-order valence-corrected chi connectivity index (χ0v) is 42.7. The second kappa shape index (κ2) is 24.4. The van der Waals surface area contributed by atoms with Gasteiger partial charge < -0.3 is 22.4 Å². The highest BCUT2D eigenvalue weighted by Crippen LogP contribution is 2.42. The Labute approximate surface area is 336 Å². The van der Waals surface area contributed by atoms with Crippen molar-refractivity contribution in [3.8, 4) is 0 Å². The van der Waals surface area contributed by atoms with Crippen LogP contribution in [0.1, 0.15) is 131 Å². The predicted octanol–water partition coefficient (Wildman–Crippen LogP) is 14.1. The number of ether oxygens (including phenoxy) is 1. The van der Waals surface area contributed by atoms with Gasteiger partial charge in [-0.25, -0.2) is 0 Å². The van der Waals surface area contributed by atoms with Gasteiger partial charge in [-0.1, -0.05) is 124 Å². The minimum Gasteiger partial charge on any atom is -0.416 e. The molecule has 0 aliphatic carbocycles. The van der Waals surface area contributed by atoms with Gasteiger partial charge in [0, 0.05) is 30.3 Å². The average Bonchev–Trinajstić information content (AvgIpc) is 3.20. The van der Waals surface area contributed by atoms with Crippen molar-refractivity contribution in [2.24, 2.45) is 29.6 Å². The summed E-state index contributed by atoms with van der Waals surface area (Å²) < 4.78 is 37.0. The van der Waals surface area contributed by atoms with Gasteiger partial charge in [0.1, 0.15) is 0 Å². The monoisotopic (exact) mass is 815 g/mol. The normalized spacial score (nSPS) is 23.2. The van der Waals surface area contributed by atoms with E-state index in [4.69, 9.17) is 22.4 Å². The average molecular weight is 816 g/mol. The van der Waals surface area contributed by atoms with Crippen molar-refractivity contribution >= 4 is 33.3 Å². The second-order valence-corrected chi connectivity index (χ2v) is 36.5. The standard InChI is InChI=1S/C44H94O5Si4/c1-19-40(47-51(23-5,24-6)25-7)37(16)43(48-52(26-8,27-9)28-10)39(18)44(49-53(29-11,30-12)31-13)38(17)42-35(14)32-33-41(46-42)36(15)34-45-50(20-2,21-3)22-4/h19,35-44H,1,20-34H2,2-18H3/t35-,36+,37-,38+,39-,40+,41?,42-,43-,44+/m0/s1. The van der Waals surface area contributed by atoms with E-state index in [-0.39, 0.29) is 48.3 Å². The molecule has 0 N–H and O–H groups in total. The van der Waals surface area contributed by atoms with Crippen molar-refractivity contribution in [2.75, 3.05) is 6.61 Å². The molecule has 1 heterocycles. The highest BCUT2D eigenvalue weighted by Gasteiger charge is 2.48. The van der Waals surface area contributed by atoms with Gasteiger partial charge in [0.25, 0.3) is 0 Å². The Morgan fingerprint density at radius 3 is 1.36 bits per heavy atom. The van der Waals surface area contributed by atoms with Crippen LogP contribution in [0.3, 0.4) is 0 Å². The molecule has 0 radical (unpaired) electrons. The fraction of sp³-hybridized carbons (Fsp3) is 0.955. The van der Waals surface area contributed by atoms with Crippen molar-refractivity contribution in [1.29, 1.82) is 0 Å². The smallest absolute Gasteiger partial charge is 0.192 e. The lowest BCUT2D eigenvalue weighted by Crippen LogP contribution is -2.56. The molecule has 1 rings (SSSR count). The highest BCUT2D eigenvalue weighted by atomic mass is 28.4. The van der Waals surface area contributed by atoms with Crippen LogP contribution in [0.4, 0.5) is 0 Å². The van der Waals surface area contributed by atoms with Crippen molar-refractivity contribution < 1.29 is 22.4 Å². The molecule has 1 aliphatic rings. The first-order chi connectivity index (χ1) is 25.1. The van der Waals surface area contributed by atoms with E-state index in [9.17, 15) is 0 Å². The van der Waals surface area contributed by atoms with E-state index in [0.717, 1.165) is 67.4 Å². The minimum absolute atomic E-state index is 0.0173. The molecule has 1 saturated heterocycles. The Kier molecular flexibility index (Phi) is 23.6. The molecule has 0 aromatic carbocycles. The highest BCUT2D eigenvalue weighted by molar-refractivity contribution is 6.74. The van der Waals surface area contributed by atoms with Crippen LogP contribution in [0, 0.1) is 29.6 Å². The first-order valence-electron chi connectivity index (χ1n) is 23.0. The van der Waals surface area contributed by atoms with Crippen LogP contribution < -0.4 is 0 Å². The summed E-state index contributed by atoms with van der Waals surface area (Å²) in [4.78, 5) is 0. The van der Waals surface area contributed by atoms with Gasteiger partial charge in [-0.3, -0.25) is 0 Å². The molecular weight excluding hydrogens is 721 g/mol. The Morgan fingerprint density at radius 2 is 0.962 bits per heavy atom. The number of hydrogen-bond donors (Lipinski definition) is 0. The van der Waals surface area contributed by atoms with Crippen LogP contribution >= 0.6 is 0 Å². The van der Waals surface area contributed by atoms with Gasteiger partial charge in [-0.2, -0.15) is 0 Å². The SMILES string of the molecule is C=C[C@@H](O[Si](CC)(CC)CC)[C@H](C)[C@H](O[Si](CC)(CC)CC)[C@H](C)[C@H](O[Si](CC)(CC)CC)[C@H](C)[C@H]1OC([C@H](C)CO[Si](CC)(CC)CC)CC[C@@H]1C. The molecule has 316 valence electrons. The van der Waals surface area contributed by atoms with Crippen molar-refractivity contribution in [3.05, 3.63) is 12.7 Å². The Balaban J connectivity index is 3.77. The minimum atomic E-state index is -1.99. The van der Waals surface area contributed by atoms with Gasteiger partial charge in [-0.15, -0.1) is 6.58 Å². The fourth-order valence-electron chi connectivity index (χ4n) is 9.71. The molecule has 10 atom stereocenters. The Morgan fingerprint density at radius 1 is 0.566 bits per heavy atom. The van der Waals surface area contributed by atoms with Gasteiger partial charge in [0.2, 0.25) is 0 Å². The van der Waals surface area contributed by atoms with Crippen LogP contribution in [0.15, 0.2) is 12.7 Å². The summed E-state index contributed by atoms with van der Waals surface area (Å²) in [5, 5.41) is 0. The predicted molar refractivity (Wildman–Crippen MR) is 243 cm³/mol. The Hall–Kier alpha value is 0.408. The molecule has 0 aromatic heterocycles. The maximum Gasteiger partial charge on any atom is 0.192 e. The number of rotatable bonds is 29. The first-order valence-corrected chi connectivity index (χ1v) is 33.1. The molecule has 0 aromatic rings. The lowest BCUT2D eigenvalue weighted by atomic mass is 9.76. The van der Waals surface area contributed by atoms with E-state index in [1.54, 1.807) is 0 Å². The molecule has 5 nitrogen and oxygen atoms in total. The van der Waals surface area contributed by atoms with Crippen molar-refractivity contribution in [2.45, 2.75) is 234 Å². The molecular formula is C44H94O5Si4.